The molecule has 0 bridgehead atoms. The summed E-state index contributed by atoms with van der Waals surface area (Å²) in [5.74, 6) is 0. The number of hydrogen-bond donors (Lipinski definition) is 1. The summed E-state index contributed by atoms with van der Waals surface area (Å²) in [6, 6.07) is 5.51. The first-order valence-electron chi connectivity index (χ1n) is 8.04. The fraction of sp³-hybridized carbons (Fsp3) is 0.375. The highest BCUT2D eigenvalue weighted by molar-refractivity contribution is 5.82. The number of carbonyl (C=O) groups excluding carboxylic acids is 4. The van der Waals surface area contributed by atoms with Crippen molar-refractivity contribution in [3.05, 3.63) is 39.9 Å². The van der Waals surface area contributed by atoms with Crippen molar-refractivity contribution in [3.63, 3.8) is 0 Å². The molecule has 0 aliphatic carbocycles. The highest BCUT2D eigenvalue weighted by atomic mass is 16.8. The first-order valence-corrected chi connectivity index (χ1v) is 8.04. The molecule has 0 saturated heterocycles. The summed E-state index contributed by atoms with van der Waals surface area (Å²) in [4.78, 5) is 60.1. The number of amides is 2. The van der Waals surface area contributed by atoms with E-state index in [1.165, 1.54) is 24.3 Å². The van der Waals surface area contributed by atoms with E-state index < -0.39 is 28.9 Å². The van der Waals surface area contributed by atoms with Crippen LogP contribution in [-0.2, 0) is 30.3 Å². The van der Waals surface area contributed by atoms with Gasteiger partial charge in [0.25, 0.3) is 5.69 Å². The number of nitro groups is 1. The minimum atomic E-state index is -1.43. The number of rotatable bonds is 6. The van der Waals surface area contributed by atoms with Crippen molar-refractivity contribution in [1.82, 2.24) is 10.6 Å². The van der Waals surface area contributed by atoms with Gasteiger partial charge in [-0.2, -0.15) is 0 Å². The Labute approximate surface area is 164 Å². The number of nitrogens with zero attached hydrogens (tertiary/aromatic N) is 2. The molecule has 0 radical (unpaired) electrons. The molecule has 1 aromatic carbocycles. The summed E-state index contributed by atoms with van der Waals surface area (Å²) in [5.41, 5.74) is 1.35. The Morgan fingerprint density at radius 2 is 1.83 bits per heavy atom. The molecule has 29 heavy (non-hydrogen) atoms. The molecule has 0 fully saturated rings. The zero-order chi connectivity index (χ0) is 22.0. The molecule has 0 spiro atoms. The van der Waals surface area contributed by atoms with Crippen molar-refractivity contribution in [2.75, 3.05) is 6.61 Å². The van der Waals surface area contributed by atoms with Crippen molar-refractivity contribution in [2.24, 2.45) is 0 Å². The molecular weight excluding hydrogens is 394 g/mol. The molecule has 1 aromatic rings. The van der Waals surface area contributed by atoms with Crippen LogP contribution in [0.2, 0.25) is 0 Å². The van der Waals surface area contributed by atoms with E-state index in [1.54, 1.807) is 26.2 Å². The second kappa shape index (κ2) is 10.6. The number of hydrazine groups is 1. The van der Waals surface area contributed by atoms with Crippen LogP contribution in [0.3, 0.4) is 0 Å². The Balaban J connectivity index is 2.62. The van der Waals surface area contributed by atoms with Gasteiger partial charge in [-0.1, -0.05) is 17.3 Å². The lowest BCUT2D eigenvalue weighted by Gasteiger charge is -2.21. The third-order valence-corrected chi connectivity index (χ3v) is 2.83. The second-order valence-corrected chi connectivity index (χ2v) is 6.25. The molecule has 13 heteroatoms. The first kappa shape index (κ1) is 23.3. The number of benzene rings is 1. The Hall–Kier alpha value is -3.74. The molecule has 1 N–H and O–H groups in total. The van der Waals surface area contributed by atoms with Crippen LogP contribution < -0.4 is 5.43 Å². The van der Waals surface area contributed by atoms with Gasteiger partial charge >= 0.3 is 24.8 Å². The van der Waals surface area contributed by atoms with Crippen molar-refractivity contribution in [1.29, 1.82) is 0 Å². The minimum absolute atomic E-state index is 0.0996. The van der Waals surface area contributed by atoms with Crippen molar-refractivity contribution in [2.45, 2.75) is 32.8 Å². The number of ether oxygens (including phenoxy) is 3. The van der Waals surface area contributed by atoms with E-state index in [0.717, 1.165) is 0 Å². The van der Waals surface area contributed by atoms with Gasteiger partial charge in [-0.3, -0.25) is 14.9 Å². The minimum Gasteiger partial charge on any atom is -0.428 e. The molecule has 0 heterocycles. The monoisotopic (exact) mass is 413 g/mol. The predicted molar refractivity (Wildman–Crippen MR) is 93.0 cm³/mol. The van der Waals surface area contributed by atoms with Crippen LogP contribution in [0.25, 0.3) is 0 Å². The third-order valence-electron chi connectivity index (χ3n) is 2.83. The molecule has 0 aliphatic rings. The van der Waals surface area contributed by atoms with E-state index in [-0.39, 0.29) is 30.4 Å². The van der Waals surface area contributed by atoms with E-state index in [4.69, 9.17) is 9.57 Å². The lowest BCUT2D eigenvalue weighted by Crippen LogP contribution is -2.47. The van der Waals surface area contributed by atoms with E-state index in [0.29, 0.717) is 5.56 Å². The summed E-state index contributed by atoms with van der Waals surface area (Å²) < 4.78 is 13.1. The number of nitro benzene ring substituents is 1. The Morgan fingerprint density at radius 1 is 1.21 bits per heavy atom. The Morgan fingerprint density at radius 3 is 2.34 bits per heavy atom. The van der Waals surface area contributed by atoms with Gasteiger partial charge < -0.3 is 14.2 Å². The summed E-state index contributed by atoms with van der Waals surface area (Å²) in [7, 11) is 0. The van der Waals surface area contributed by atoms with Crippen LogP contribution in [0.1, 0.15) is 26.3 Å². The summed E-state index contributed by atoms with van der Waals surface area (Å²) in [6.45, 7) is 4.22. The largest absolute Gasteiger partial charge is 0.517 e. The smallest absolute Gasteiger partial charge is 0.428 e. The summed E-state index contributed by atoms with van der Waals surface area (Å²) in [6.07, 6.45) is -4.00. The van der Waals surface area contributed by atoms with Gasteiger partial charge in [0, 0.05) is 12.1 Å². The van der Waals surface area contributed by atoms with Gasteiger partial charge in [-0.25, -0.2) is 24.6 Å². The molecule has 13 nitrogen and oxygen atoms in total. The standard InChI is InChI=1S/C16H19N3O10/c1-16(2,3)29-15(23)28-13(21)17-18(14(22)26-10-20)27-9-8-11-4-6-12(7-5-11)19(24)25/h4-7,10H,8-9H2,1-3H3,(H,17,21). The normalized spacial score (nSPS) is 10.4. The average molecular weight is 413 g/mol. The number of carbonyl (C=O) groups is 4. The van der Waals surface area contributed by atoms with Crippen molar-refractivity contribution < 1.29 is 43.1 Å². The maximum Gasteiger partial charge on any atom is 0.517 e. The fourth-order valence-corrected chi connectivity index (χ4v) is 1.71. The summed E-state index contributed by atoms with van der Waals surface area (Å²) in [5, 5.41) is 10.8. The Bertz CT molecular complexity index is 757. The second-order valence-electron chi connectivity index (χ2n) is 6.25. The highest BCUT2D eigenvalue weighted by Gasteiger charge is 2.24. The van der Waals surface area contributed by atoms with Crippen LogP contribution in [0.15, 0.2) is 24.3 Å². The van der Waals surface area contributed by atoms with Gasteiger partial charge in [0.2, 0.25) is 0 Å². The molecule has 2 amide bonds. The molecule has 0 aromatic heterocycles. The third kappa shape index (κ3) is 9.14. The molecule has 158 valence electrons. The summed E-state index contributed by atoms with van der Waals surface area (Å²) >= 11 is 0. The zero-order valence-electron chi connectivity index (χ0n) is 15.8. The van der Waals surface area contributed by atoms with Gasteiger partial charge in [0.05, 0.1) is 11.5 Å². The van der Waals surface area contributed by atoms with E-state index in [2.05, 4.69) is 9.47 Å². The van der Waals surface area contributed by atoms with Gasteiger partial charge in [0.15, 0.2) is 0 Å². The van der Waals surface area contributed by atoms with Crippen molar-refractivity contribution in [3.8, 4) is 0 Å². The molecule has 1 rings (SSSR count). The van der Waals surface area contributed by atoms with Crippen LogP contribution in [0, 0.1) is 10.1 Å². The van der Waals surface area contributed by atoms with E-state index >= 15 is 0 Å². The van der Waals surface area contributed by atoms with Gasteiger partial charge in [-0.15, -0.1) is 0 Å². The van der Waals surface area contributed by atoms with Crippen LogP contribution in [-0.4, -0.2) is 47.1 Å². The molecule has 0 aliphatic heterocycles. The fourth-order valence-electron chi connectivity index (χ4n) is 1.71. The lowest BCUT2D eigenvalue weighted by atomic mass is 10.1. The first-order chi connectivity index (χ1) is 13.5. The number of non-ortho nitro benzene ring substituents is 1. The average Bonchev–Trinajstić information content (AvgIpc) is 2.59. The molecular formula is C16H19N3O10. The zero-order valence-corrected chi connectivity index (χ0v) is 15.8. The van der Waals surface area contributed by atoms with Crippen LogP contribution in [0.4, 0.5) is 20.1 Å². The van der Waals surface area contributed by atoms with Gasteiger partial charge in [-0.05, 0) is 32.8 Å². The van der Waals surface area contributed by atoms with Crippen molar-refractivity contribution >= 4 is 30.5 Å². The maximum absolute atomic E-state index is 11.7. The number of hydrogen-bond acceptors (Lipinski definition) is 10. The quantitative estimate of drug-likeness (QED) is 0.240. The lowest BCUT2D eigenvalue weighted by molar-refractivity contribution is -0.384. The van der Waals surface area contributed by atoms with Crippen LogP contribution in [0.5, 0.6) is 0 Å². The van der Waals surface area contributed by atoms with E-state index in [1.807, 2.05) is 0 Å². The van der Waals surface area contributed by atoms with Crippen LogP contribution >= 0.6 is 0 Å². The number of hydroxylamine groups is 1. The number of nitrogens with one attached hydrogen (secondary N) is 1. The molecule has 0 unspecified atom stereocenters. The maximum atomic E-state index is 11.7. The Kier molecular flexibility index (Phi) is 8.48. The van der Waals surface area contributed by atoms with E-state index in [9.17, 15) is 29.3 Å². The topological polar surface area (TPSA) is 164 Å². The molecule has 0 saturated carbocycles. The SMILES string of the molecule is CC(C)(C)OC(=O)OC(=O)NN(OCCc1ccc([N+](=O)[O-])cc1)C(=O)OC=O. The van der Waals surface area contributed by atoms with Gasteiger partial charge in [0.1, 0.15) is 5.60 Å². The molecule has 0 atom stereocenters. The predicted octanol–water partition coefficient (Wildman–Crippen LogP) is 2.24. The highest BCUT2D eigenvalue weighted by Crippen LogP contribution is 2.12.